The van der Waals surface area contributed by atoms with Gasteiger partial charge in [0, 0.05) is 0 Å². The number of amides is 1. The van der Waals surface area contributed by atoms with E-state index < -0.39 is 0 Å². The average Bonchev–Trinajstić information content (AvgIpc) is 3.30. The number of carbonyl (C=O) groups excluding carboxylic acids is 1. The molecule has 0 bridgehead atoms. The summed E-state index contributed by atoms with van der Waals surface area (Å²) in [6, 6.07) is 11.6. The minimum Gasteiger partial charge on any atom is -0.497 e. The maximum Gasteiger partial charge on any atom is 0.236 e. The van der Waals surface area contributed by atoms with Gasteiger partial charge in [0.25, 0.3) is 0 Å². The predicted molar refractivity (Wildman–Crippen MR) is 102 cm³/mol. The van der Waals surface area contributed by atoms with Crippen LogP contribution < -0.4 is 10.1 Å². The molecular formula is C20H22N2O3S. The van der Waals surface area contributed by atoms with Crippen LogP contribution in [0.2, 0.25) is 0 Å². The molecule has 2 aromatic heterocycles. The summed E-state index contributed by atoms with van der Waals surface area (Å²) in [6.45, 7) is 3.89. The molecule has 136 valence electrons. The highest BCUT2D eigenvalue weighted by atomic mass is 32.1. The molecule has 26 heavy (non-hydrogen) atoms. The minimum absolute atomic E-state index is 0.0441. The van der Waals surface area contributed by atoms with Gasteiger partial charge in [0.2, 0.25) is 11.8 Å². The van der Waals surface area contributed by atoms with Crippen LogP contribution >= 0.6 is 11.3 Å². The fourth-order valence-corrected chi connectivity index (χ4v) is 3.40. The Labute approximate surface area is 157 Å². The van der Waals surface area contributed by atoms with Gasteiger partial charge < -0.3 is 14.5 Å². The lowest BCUT2D eigenvalue weighted by atomic mass is 10.0. The van der Waals surface area contributed by atoms with Gasteiger partial charge >= 0.3 is 0 Å². The first-order valence-electron chi connectivity index (χ1n) is 8.54. The Morgan fingerprint density at radius 2 is 2.08 bits per heavy atom. The second-order valence-electron chi connectivity index (χ2n) is 5.98. The lowest BCUT2D eigenvalue weighted by Crippen LogP contribution is -2.29. The first-order valence-corrected chi connectivity index (χ1v) is 9.42. The van der Waals surface area contributed by atoms with Crippen molar-refractivity contribution in [3.05, 3.63) is 58.8 Å². The van der Waals surface area contributed by atoms with Crippen molar-refractivity contribution in [1.29, 1.82) is 0 Å². The number of aryl methyl sites for hydroxylation is 1. The molecule has 0 aliphatic carbocycles. The molecule has 0 saturated carbocycles. The first kappa shape index (κ1) is 18.2. The summed E-state index contributed by atoms with van der Waals surface area (Å²) in [6.07, 6.45) is 1.00. The second-order valence-corrected chi connectivity index (χ2v) is 6.93. The number of aromatic nitrogens is 1. The summed E-state index contributed by atoms with van der Waals surface area (Å²) in [5, 5.41) is 5.06. The van der Waals surface area contributed by atoms with Crippen LogP contribution in [0.1, 0.15) is 36.4 Å². The second kappa shape index (κ2) is 8.19. The molecule has 6 heteroatoms. The van der Waals surface area contributed by atoms with Gasteiger partial charge in [0.15, 0.2) is 0 Å². The molecule has 0 fully saturated rings. The van der Waals surface area contributed by atoms with Crippen molar-refractivity contribution >= 4 is 17.2 Å². The van der Waals surface area contributed by atoms with Crippen LogP contribution in [-0.2, 0) is 11.2 Å². The van der Waals surface area contributed by atoms with Crippen molar-refractivity contribution in [3.63, 3.8) is 0 Å². The normalized spacial score (nSPS) is 12.0. The molecular weight excluding hydrogens is 348 g/mol. The first-order chi connectivity index (χ1) is 12.6. The number of oxazole rings is 1. The van der Waals surface area contributed by atoms with E-state index in [2.05, 4.69) is 10.3 Å². The quantitative estimate of drug-likeness (QED) is 0.664. The van der Waals surface area contributed by atoms with E-state index in [-0.39, 0.29) is 18.4 Å². The molecule has 0 saturated heterocycles. The molecule has 0 spiro atoms. The number of methoxy groups -OCH3 is 1. The summed E-state index contributed by atoms with van der Waals surface area (Å²) in [4.78, 5) is 18.0. The number of nitrogens with zero attached hydrogens (tertiary/aromatic N) is 1. The molecule has 1 amide bonds. The number of benzene rings is 1. The van der Waals surface area contributed by atoms with Gasteiger partial charge in [-0.05, 0) is 42.5 Å². The number of ether oxygens (including phenoxy) is 1. The summed E-state index contributed by atoms with van der Waals surface area (Å²) >= 11 is 1.56. The van der Waals surface area contributed by atoms with Crippen molar-refractivity contribution in [2.75, 3.05) is 7.11 Å². The zero-order chi connectivity index (χ0) is 18.5. The molecule has 1 N–H and O–H groups in total. The molecule has 5 nitrogen and oxygen atoms in total. The number of hydrogen-bond acceptors (Lipinski definition) is 5. The summed E-state index contributed by atoms with van der Waals surface area (Å²) in [5.74, 6) is 1.99. The SMILES string of the molecule is CCC(NC(=O)Cc1nc(-c2cccs2)oc1C)c1ccc(OC)cc1. The maximum absolute atomic E-state index is 12.5. The van der Waals surface area contributed by atoms with E-state index in [0.717, 1.165) is 22.6 Å². The summed E-state index contributed by atoms with van der Waals surface area (Å²) in [5.41, 5.74) is 1.73. The number of nitrogens with one attached hydrogen (secondary N) is 1. The summed E-state index contributed by atoms with van der Waals surface area (Å²) < 4.78 is 10.9. The average molecular weight is 370 g/mol. The van der Waals surface area contributed by atoms with E-state index in [4.69, 9.17) is 9.15 Å². The fourth-order valence-electron chi connectivity index (χ4n) is 2.75. The van der Waals surface area contributed by atoms with E-state index in [9.17, 15) is 4.79 Å². The Balaban J connectivity index is 1.67. The molecule has 1 atom stereocenters. The van der Waals surface area contributed by atoms with Crippen molar-refractivity contribution in [3.8, 4) is 16.5 Å². The highest BCUT2D eigenvalue weighted by Gasteiger charge is 2.18. The largest absolute Gasteiger partial charge is 0.497 e. The van der Waals surface area contributed by atoms with Gasteiger partial charge in [0.05, 0.1) is 30.1 Å². The van der Waals surface area contributed by atoms with Crippen molar-refractivity contribution in [2.45, 2.75) is 32.7 Å². The molecule has 0 radical (unpaired) electrons. The van der Waals surface area contributed by atoms with Crippen LogP contribution in [0.5, 0.6) is 5.75 Å². The van der Waals surface area contributed by atoms with Crippen LogP contribution in [-0.4, -0.2) is 18.0 Å². The van der Waals surface area contributed by atoms with Gasteiger partial charge in [-0.2, -0.15) is 0 Å². The standard InChI is InChI=1S/C20H22N2O3S/c1-4-16(14-7-9-15(24-3)10-8-14)21-19(23)12-17-13(2)25-20(22-17)18-6-5-11-26-18/h5-11,16H,4,12H2,1-3H3,(H,21,23). The van der Waals surface area contributed by atoms with Gasteiger partial charge in [-0.3, -0.25) is 4.79 Å². The molecule has 1 unspecified atom stereocenters. The Morgan fingerprint density at radius 1 is 1.31 bits per heavy atom. The zero-order valence-corrected chi connectivity index (χ0v) is 15.9. The Bertz CT molecular complexity index is 854. The van der Waals surface area contributed by atoms with Gasteiger partial charge in [-0.15, -0.1) is 11.3 Å². The van der Waals surface area contributed by atoms with Crippen molar-refractivity contribution < 1.29 is 13.9 Å². The fraction of sp³-hybridized carbons (Fsp3) is 0.300. The lowest BCUT2D eigenvalue weighted by molar-refractivity contribution is -0.121. The monoisotopic (exact) mass is 370 g/mol. The molecule has 3 rings (SSSR count). The van der Waals surface area contributed by atoms with E-state index in [1.165, 1.54) is 0 Å². The smallest absolute Gasteiger partial charge is 0.236 e. The zero-order valence-electron chi connectivity index (χ0n) is 15.1. The van der Waals surface area contributed by atoms with E-state index >= 15 is 0 Å². The third-order valence-electron chi connectivity index (χ3n) is 4.21. The third kappa shape index (κ3) is 4.14. The van der Waals surface area contributed by atoms with E-state index in [1.54, 1.807) is 18.4 Å². The maximum atomic E-state index is 12.5. The molecule has 1 aromatic carbocycles. The molecule has 2 heterocycles. The highest BCUT2D eigenvalue weighted by molar-refractivity contribution is 7.13. The predicted octanol–water partition coefficient (Wildman–Crippen LogP) is 4.53. The summed E-state index contributed by atoms with van der Waals surface area (Å²) in [7, 11) is 1.64. The van der Waals surface area contributed by atoms with Gasteiger partial charge in [-0.25, -0.2) is 4.98 Å². The number of rotatable bonds is 7. The van der Waals surface area contributed by atoms with E-state index in [1.807, 2.05) is 55.6 Å². The van der Waals surface area contributed by atoms with E-state index in [0.29, 0.717) is 17.3 Å². The molecule has 0 aliphatic heterocycles. The molecule has 0 aliphatic rings. The van der Waals surface area contributed by atoms with Crippen LogP contribution in [0.3, 0.4) is 0 Å². The van der Waals surface area contributed by atoms with Crippen LogP contribution in [0.25, 0.3) is 10.8 Å². The number of carbonyl (C=O) groups is 1. The Hall–Kier alpha value is -2.60. The lowest BCUT2D eigenvalue weighted by Gasteiger charge is -2.17. The topological polar surface area (TPSA) is 64.4 Å². The minimum atomic E-state index is -0.0678. The van der Waals surface area contributed by atoms with Gasteiger partial charge in [0.1, 0.15) is 11.5 Å². The van der Waals surface area contributed by atoms with Crippen molar-refractivity contribution in [1.82, 2.24) is 10.3 Å². The van der Waals surface area contributed by atoms with Crippen molar-refractivity contribution in [2.24, 2.45) is 0 Å². The van der Waals surface area contributed by atoms with Gasteiger partial charge in [-0.1, -0.05) is 25.1 Å². The Kier molecular flexibility index (Phi) is 5.73. The van der Waals surface area contributed by atoms with Crippen LogP contribution in [0.4, 0.5) is 0 Å². The molecule has 3 aromatic rings. The third-order valence-corrected chi connectivity index (χ3v) is 5.07. The van der Waals surface area contributed by atoms with Crippen LogP contribution in [0.15, 0.2) is 46.2 Å². The number of hydrogen-bond donors (Lipinski definition) is 1. The van der Waals surface area contributed by atoms with Crippen LogP contribution in [0, 0.1) is 6.92 Å². The Morgan fingerprint density at radius 3 is 2.69 bits per heavy atom. The highest BCUT2D eigenvalue weighted by Crippen LogP contribution is 2.26. The number of thiophene rings is 1.